The van der Waals surface area contributed by atoms with Gasteiger partial charge in [-0.15, -0.1) is 0 Å². The summed E-state index contributed by atoms with van der Waals surface area (Å²) in [6.45, 7) is 0. The second kappa shape index (κ2) is 5.76. The quantitative estimate of drug-likeness (QED) is 0.736. The van der Waals surface area contributed by atoms with Gasteiger partial charge in [0.15, 0.2) is 11.4 Å². The maximum atomic E-state index is 13.0. The summed E-state index contributed by atoms with van der Waals surface area (Å²) < 4.78 is 0. The lowest BCUT2D eigenvalue weighted by Gasteiger charge is -2.41. The van der Waals surface area contributed by atoms with Crippen LogP contribution < -0.4 is 16.0 Å². The molecular weight excluding hydrogens is 328 g/mol. The number of nitrogens with one attached hydrogen (secondary N) is 3. The van der Waals surface area contributed by atoms with Crippen molar-refractivity contribution in [1.29, 1.82) is 10.5 Å². The zero-order valence-corrected chi connectivity index (χ0v) is 13.4. The molecule has 0 aliphatic carbocycles. The fraction of sp³-hybridized carbons (Fsp3) is 0.0526. The van der Waals surface area contributed by atoms with Crippen LogP contribution in [0.25, 0.3) is 0 Å². The summed E-state index contributed by atoms with van der Waals surface area (Å²) in [4.78, 5) is 17.4. The van der Waals surface area contributed by atoms with Gasteiger partial charge in [0.25, 0.3) is 5.91 Å². The van der Waals surface area contributed by atoms with Crippen molar-refractivity contribution in [2.45, 2.75) is 5.66 Å². The Hall–Kier alpha value is -4.10. The number of aliphatic imine (C=N–C) groups is 1. The predicted molar refractivity (Wildman–Crippen MR) is 95.8 cm³/mol. The minimum Gasteiger partial charge on any atom is -0.348 e. The standard InChI is InChI=1S/C19H12N6O/c20-10-15-16(11-21)25-19(17(22-15)12-6-2-1-3-7-12)18(26)23-13-8-4-5-9-14(13)24-19/h1-9,24-25H,(H,23,26). The third-order valence-corrected chi connectivity index (χ3v) is 4.23. The van der Waals surface area contributed by atoms with Gasteiger partial charge >= 0.3 is 0 Å². The van der Waals surface area contributed by atoms with E-state index >= 15 is 0 Å². The zero-order valence-electron chi connectivity index (χ0n) is 13.4. The SMILES string of the molecule is N#CC1=C(C#N)NC2(Nc3ccccc3NC2=O)C(c2ccccc2)=N1. The molecule has 0 radical (unpaired) electrons. The van der Waals surface area contributed by atoms with E-state index in [1.165, 1.54) is 0 Å². The maximum absolute atomic E-state index is 13.0. The summed E-state index contributed by atoms with van der Waals surface area (Å²) in [6, 6.07) is 20.1. The molecule has 124 valence electrons. The third-order valence-electron chi connectivity index (χ3n) is 4.23. The topological polar surface area (TPSA) is 113 Å². The normalized spacial score (nSPS) is 20.7. The van der Waals surface area contributed by atoms with Crippen molar-refractivity contribution in [3.8, 4) is 12.1 Å². The molecule has 7 heteroatoms. The smallest absolute Gasteiger partial charge is 0.277 e. The summed E-state index contributed by atoms with van der Waals surface area (Å²) in [6.07, 6.45) is 0. The second-order valence-corrected chi connectivity index (χ2v) is 5.77. The Labute approximate surface area is 149 Å². The van der Waals surface area contributed by atoms with E-state index in [9.17, 15) is 15.3 Å². The molecule has 7 nitrogen and oxygen atoms in total. The van der Waals surface area contributed by atoms with E-state index in [2.05, 4.69) is 20.9 Å². The van der Waals surface area contributed by atoms with Crippen molar-refractivity contribution < 1.29 is 4.79 Å². The number of anilines is 2. The Morgan fingerprint density at radius 3 is 2.27 bits per heavy atom. The van der Waals surface area contributed by atoms with E-state index in [0.29, 0.717) is 22.6 Å². The number of hydrogen-bond acceptors (Lipinski definition) is 6. The monoisotopic (exact) mass is 340 g/mol. The van der Waals surface area contributed by atoms with E-state index in [0.717, 1.165) is 0 Å². The van der Waals surface area contributed by atoms with Gasteiger partial charge in [-0.2, -0.15) is 10.5 Å². The molecule has 0 fully saturated rings. The average molecular weight is 340 g/mol. The van der Waals surface area contributed by atoms with Crippen LogP contribution in [0.15, 0.2) is 71.0 Å². The molecule has 0 aromatic heterocycles. The summed E-state index contributed by atoms with van der Waals surface area (Å²) in [5.41, 5.74) is 0.667. The first-order valence-corrected chi connectivity index (χ1v) is 7.84. The lowest BCUT2D eigenvalue weighted by Crippen LogP contribution is -2.68. The van der Waals surface area contributed by atoms with Crippen molar-refractivity contribution in [2.75, 3.05) is 10.6 Å². The van der Waals surface area contributed by atoms with E-state index in [4.69, 9.17) is 0 Å². The highest BCUT2D eigenvalue weighted by atomic mass is 16.2. The van der Waals surface area contributed by atoms with E-state index < -0.39 is 11.6 Å². The van der Waals surface area contributed by atoms with Crippen molar-refractivity contribution in [1.82, 2.24) is 5.32 Å². The number of benzene rings is 2. The average Bonchev–Trinajstić information content (AvgIpc) is 2.69. The molecule has 1 unspecified atom stereocenters. The first kappa shape index (κ1) is 15.4. The summed E-state index contributed by atoms with van der Waals surface area (Å²) >= 11 is 0. The molecule has 2 aliphatic rings. The minimum atomic E-state index is -1.50. The highest BCUT2D eigenvalue weighted by Gasteiger charge is 2.50. The van der Waals surface area contributed by atoms with Gasteiger partial charge in [-0.25, -0.2) is 4.99 Å². The van der Waals surface area contributed by atoms with Gasteiger partial charge in [-0.05, 0) is 12.1 Å². The van der Waals surface area contributed by atoms with Gasteiger partial charge < -0.3 is 16.0 Å². The Morgan fingerprint density at radius 2 is 1.58 bits per heavy atom. The zero-order chi connectivity index (χ0) is 18.1. The minimum absolute atomic E-state index is 0.0609. The van der Waals surface area contributed by atoms with Gasteiger partial charge in [0.1, 0.15) is 17.9 Å². The number of hydrogen-bond donors (Lipinski definition) is 3. The van der Waals surface area contributed by atoms with E-state index in [-0.39, 0.29) is 11.4 Å². The molecule has 1 atom stereocenters. The highest BCUT2D eigenvalue weighted by Crippen LogP contribution is 2.34. The maximum Gasteiger partial charge on any atom is 0.277 e. The summed E-state index contributed by atoms with van der Waals surface area (Å²) in [5.74, 6) is -0.413. The first-order valence-electron chi connectivity index (χ1n) is 7.84. The number of para-hydroxylation sites is 2. The van der Waals surface area contributed by atoms with Crippen LogP contribution in [0.5, 0.6) is 0 Å². The second-order valence-electron chi connectivity index (χ2n) is 5.77. The molecule has 2 aromatic carbocycles. The summed E-state index contributed by atoms with van der Waals surface area (Å²) in [5, 5.41) is 27.6. The Balaban J connectivity index is 1.94. The lowest BCUT2D eigenvalue weighted by atomic mass is 9.91. The van der Waals surface area contributed by atoms with Crippen molar-refractivity contribution >= 4 is 23.0 Å². The number of fused-ring (bicyclic) bond motifs is 1. The third kappa shape index (κ3) is 2.20. The van der Waals surface area contributed by atoms with Crippen LogP contribution in [0.4, 0.5) is 11.4 Å². The Morgan fingerprint density at radius 1 is 0.885 bits per heavy atom. The van der Waals surface area contributed by atoms with Crippen LogP contribution in [0, 0.1) is 22.7 Å². The fourth-order valence-corrected chi connectivity index (χ4v) is 3.03. The number of rotatable bonds is 1. The number of nitriles is 2. The van der Waals surface area contributed by atoms with E-state index in [1.54, 1.807) is 18.2 Å². The van der Waals surface area contributed by atoms with Crippen LogP contribution in [-0.4, -0.2) is 17.3 Å². The largest absolute Gasteiger partial charge is 0.348 e. The molecule has 2 aromatic rings. The molecule has 26 heavy (non-hydrogen) atoms. The fourth-order valence-electron chi connectivity index (χ4n) is 3.03. The summed E-state index contributed by atoms with van der Waals surface area (Å²) in [7, 11) is 0. The number of allylic oxidation sites excluding steroid dienone is 2. The number of carbonyl (C=O) groups is 1. The number of nitrogens with zero attached hydrogens (tertiary/aromatic N) is 3. The van der Waals surface area contributed by atoms with Gasteiger partial charge in [-0.1, -0.05) is 42.5 Å². The Bertz CT molecular complexity index is 1060. The molecule has 4 rings (SSSR count). The number of amides is 1. The molecule has 0 saturated carbocycles. The van der Waals surface area contributed by atoms with Crippen LogP contribution in [0.2, 0.25) is 0 Å². The number of carbonyl (C=O) groups excluding carboxylic acids is 1. The first-order chi connectivity index (χ1) is 12.7. The molecule has 1 amide bonds. The molecule has 0 saturated heterocycles. The van der Waals surface area contributed by atoms with Gasteiger partial charge in [0.2, 0.25) is 5.66 Å². The van der Waals surface area contributed by atoms with Crippen molar-refractivity contribution in [3.63, 3.8) is 0 Å². The Kier molecular flexibility index (Phi) is 3.42. The van der Waals surface area contributed by atoms with Crippen molar-refractivity contribution in [2.24, 2.45) is 4.99 Å². The van der Waals surface area contributed by atoms with E-state index in [1.807, 2.05) is 48.5 Å². The molecule has 3 N–H and O–H groups in total. The predicted octanol–water partition coefficient (Wildman–Crippen LogP) is 2.10. The van der Waals surface area contributed by atoms with Gasteiger partial charge in [-0.3, -0.25) is 4.79 Å². The van der Waals surface area contributed by atoms with Gasteiger partial charge in [0.05, 0.1) is 11.4 Å². The van der Waals surface area contributed by atoms with Crippen molar-refractivity contribution in [3.05, 3.63) is 71.6 Å². The van der Waals surface area contributed by atoms with Crippen LogP contribution in [0.3, 0.4) is 0 Å². The highest BCUT2D eigenvalue weighted by molar-refractivity contribution is 6.27. The molecule has 1 spiro atoms. The lowest BCUT2D eigenvalue weighted by molar-refractivity contribution is -0.119. The molecule has 2 aliphatic heterocycles. The van der Waals surface area contributed by atoms with Crippen LogP contribution in [0.1, 0.15) is 5.56 Å². The van der Waals surface area contributed by atoms with Gasteiger partial charge in [0, 0.05) is 5.56 Å². The van der Waals surface area contributed by atoms with Crippen LogP contribution >= 0.6 is 0 Å². The molecule has 0 bridgehead atoms. The molecule has 2 heterocycles. The van der Waals surface area contributed by atoms with Crippen LogP contribution in [-0.2, 0) is 4.79 Å². The molecular formula is C19H12N6O.